The standard InChI is InChI=1S/C21H13F4N3O/c22-14-4-1-5-15(23)18(14)19-16(24)7-6-13(20(19)25)21(29)28-17-11-27-10-8-12(17)3-2-9-26/h1,4-8,10-11H,9,26H2,(H,28,29). The number of nitrogens with one attached hydrogen (secondary N) is 1. The fourth-order valence-electron chi connectivity index (χ4n) is 2.63. The van der Waals surface area contributed by atoms with Gasteiger partial charge in [0, 0.05) is 6.20 Å². The molecule has 0 bridgehead atoms. The van der Waals surface area contributed by atoms with Crippen molar-refractivity contribution in [3.8, 4) is 23.0 Å². The Hall–Kier alpha value is -3.70. The Morgan fingerprint density at radius 3 is 2.38 bits per heavy atom. The number of hydrogen-bond acceptors (Lipinski definition) is 3. The molecule has 0 saturated heterocycles. The minimum Gasteiger partial charge on any atom is -0.320 e. The predicted octanol–water partition coefficient (Wildman–Crippen LogP) is 3.87. The molecule has 0 aliphatic heterocycles. The number of benzene rings is 2. The fraction of sp³-hybridized carbons (Fsp3) is 0.0476. The van der Waals surface area contributed by atoms with Crippen molar-refractivity contribution in [2.75, 3.05) is 11.9 Å². The van der Waals surface area contributed by atoms with Crippen LogP contribution in [0.3, 0.4) is 0 Å². The Kier molecular flexibility index (Phi) is 5.90. The molecule has 4 nitrogen and oxygen atoms in total. The average molecular weight is 399 g/mol. The number of amides is 1. The van der Waals surface area contributed by atoms with Gasteiger partial charge in [-0.3, -0.25) is 9.78 Å². The van der Waals surface area contributed by atoms with Gasteiger partial charge in [-0.2, -0.15) is 0 Å². The molecule has 0 saturated carbocycles. The smallest absolute Gasteiger partial charge is 0.258 e. The van der Waals surface area contributed by atoms with E-state index in [4.69, 9.17) is 5.73 Å². The lowest BCUT2D eigenvalue weighted by Gasteiger charge is -2.12. The van der Waals surface area contributed by atoms with Gasteiger partial charge in [0.05, 0.1) is 40.7 Å². The molecule has 0 radical (unpaired) electrons. The molecule has 0 atom stereocenters. The van der Waals surface area contributed by atoms with Crippen LogP contribution in [0.25, 0.3) is 11.1 Å². The summed E-state index contributed by atoms with van der Waals surface area (Å²) in [5.74, 6) is -0.562. The summed E-state index contributed by atoms with van der Waals surface area (Å²) in [5, 5.41) is 2.41. The van der Waals surface area contributed by atoms with Crippen LogP contribution >= 0.6 is 0 Å². The zero-order chi connectivity index (χ0) is 21.0. The van der Waals surface area contributed by atoms with E-state index in [2.05, 4.69) is 22.1 Å². The zero-order valence-corrected chi connectivity index (χ0v) is 14.8. The summed E-state index contributed by atoms with van der Waals surface area (Å²) in [6.07, 6.45) is 2.73. The molecule has 146 valence electrons. The molecule has 8 heteroatoms. The van der Waals surface area contributed by atoms with Crippen molar-refractivity contribution in [3.63, 3.8) is 0 Å². The summed E-state index contributed by atoms with van der Waals surface area (Å²) in [6, 6.07) is 5.94. The van der Waals surface area contributed by atoms with Crippen LogP contribution in [-0.4, -0.2) is 17.4 Å². The summed E-state index contributed by atoms with van der Waals surface area (Å²) in [7, 11) is 0. The van der Waals surface area contributed by atoms with E-state index in [-0.39, 0.29) is 12.2 Å². The van der Waals surface area contributed by atoms with E-state index in [0.717, 1.165) is 30.3 Å². The lowest BCUT2D eigenvalue weighted by atomic mass is 9.99. The molecule has 0 unspecified atom stereocenters. The summed E-state index contributed by atoms with van der Waals surface area (Å²) >= 11 is 0. The van der Waals surface area contributed by atoms with Crippen LogP contribution in [0.5, 0.6) is 0 Å². The number of pyridine rings is 1. The van der Waals surface area contributed by atoms with Gasteiger partial charge in [0.2, 0.25) is 0 Å². The number of aromatic nitrogens is 1. The third kappa shape index (κ3) is 4.10. The second-order valence-corrected chi connectivity index (χ2v) is 5.76. The first kappa shape index (κ1) is 20.0. The molecule has 3 rings (SSSR count). The van der Waals surface area contributed by atoms with E-state index in [9.17, 15) is 22.4 Å². The number of nitrogens with two attached hydrogens (primary N) is 1. The first-order valence-electron chi connectivity index (χ1n) is 8.30. The molecular weight excluding hydrogens is 386 g/mol. The van der Waals surface area contributed by atoms with Gasteiger partial charge in [-0.25, -0.2) is 17.6 Å². The minimum atomic E-state index is -1.40. The van der Waals surface area contributed by atoms with Crippen molar-refractivity contribution in [1.82, 2.24) is 4.98 Å². The highest BCUT2D eigenvalue weighted by Gasteiger charge is 2.24. The number of carbonyl (C=O) groups is 1. The number of anilines is 1. The number of hydrogen-bond donors (Lipinski definition) is 2. The fourth-order valence-corrected chi connectivity index (χ4v) is 2.63. The van der Waals surface area contributed by atoms with Crippen molar-refractivity contribution in [1.29, 1.82) is 0 Å². The van der Waals surface area contributed by atoms with Gasteiger partial charge in [0.1, 0.15) is 23.3 Å². The lowest BCUT2D eigenvalue weighted by molar-refractivity contribution is 0.102. The average Bonchev–Trinajstić information content (AvgIpc) is 2.69. The van der Waals surface area contributed by atoms with E-state index in [1.807, 2.05) is 0 Å². The maximum Gasteiger partial charge on any atom is 0.258 e. The van der Waals surface area contributed by atoms with Crippen molar-refractivity contribution >= 4 is 11.6 Å². The van der Waals surface area contributed by atoms with E-state index in [0.29, 0.717) is 5.56 Å². The molecule has 0 spiro atoms. The van der Waals surface area contributed by atoms with Gasteiger partial charge >= 0.3 is 0 Å². The van der Waals surface area contributed by atoms with Gasteiger partial charge in [-0.05, 0) is 30.3 Å². The summed E-state index contributed by atoms with van der Waals surface area (Å²) < 4.78 is 57.2. The van der Waals surface area contributed by atoms with E-state index >= 15 is 0 Å². The maximum atomic E-state index is 14.9. The van der Waals surface area contributed by atoms with Crippen LogP contribution in [0.1, 0.15) is 15.9 Å². The Morgan fingerprint density at radius 1 is 1.00 bits per heavy atom. The van der Waals surface area contributed by atoms with Crippen LogP contribution in [0, 0.1) is 35.1 Å². The normalized spacial score (nSPS) is 10.2. The minimum absolute atomic E-state index is 0.0832. The molecule has 29 heavy (non-hydrogen) atoms. The quantitative estimate of drug-likeness (QED) is 0.519. The monoisotopic (exact) mass is 399 g/mol. The first-order chi connectivity index (χ1) is 13.9. The molecule has 0 fully saturated rings. The zero-order valence-electron chi connectivity index (χ0n) is 14.8. The molecule has 1 amide bonds. The molecule has 1 heterocycles. The van der Waals surface area contributed by atoms with E-state index in [1.54, 1.807) is 0 Å². The number of halogens is 4. The number of carbonyl (C=O) groups excluding carboxylic acids is 1. The molecule has 0 aliphatic rings. The van der Waals surface area contributed by atoms with Gasteiger partial charge in [-0.15, -0.1) is 0 Å². The Bertz CT molecular complexity index is 1130. The Balaban J connectivity index is 2.05. The second kappa shape index (κ2) is 8.54. The largest absolute Gasteiger partial charge is 0.320 e. The summed E-state index contributed by atoms with van der Waals surface area (Å²) in [5.41, 5.74) is 3.40. The number of nitrogens with zero attached hydrogens (tertiary/aromatic N) is 1. The molecular formula is C21H13F4N3O. The SMILES string of the molecule is NCC#Cc1ccncc1NC(=O)c1ccc(F)c(-c2c(F)cccc2F)c1F. The summed E-state index contributed by atoms with van der Waals surface area (Å²) in [6.45, 7) is 0.0832. The van der Waals surface area contributed by atoms with Crippen molar-refractivity contribution in [2.45, 2.75) is 0 Å². The highest BCUT2D eigenvalue weighted by molar-refractivity contribution is 6.05. The maximum absolute atomic E-state index is 14.9. The first-order valence-corrected chi connectivity index (χ1v) is 8.30. The molecule has 2 aromatic carbocycles. The molecule has 3 aromatic rings. The van der Waals surface area contributed by atoms with Crippen LogP contribution in [-0.2, 0) is 0 Å². The second-order valence-electron chi connectivity index (χ2n) is 5.76. The van der Waals surface area contributed by atoms with E-state index < -0.39 is 45.9 Å². The topological polar surface area (TPSA) is 68.0 Å². The predicted molar refractivity (Wildman–Crippen MR) is 99.8 cm³/mol. The Morgan fingerprint density at radius 2 is 1.69 bits per heavy atom. The van der Waals surface area contributed by atoms with Crippen LogP contribution in [0.15, 0.2) is 48.8 Å². The highest BCUT2D eigenvalue weighted by atomic mass is 19.1. The third-order valence-electron chi connectivity index (χ3n) is 3.94. The lowest BCUT2D eigenvalue weighted by Crippen LogP contribution is -2.16. The van der Waals surface area contributed by atoms with E-state index in [1.165, 1.54) is 18.5 Å². The van der Waals surface area contributed by atoms with Crippen molar-refractivity contribution < 1.29 is 22.4 Å². The van der Waals surface area contributed by atoms with Gasteiger partial charge < -0.3 is 11.1 Å². The highest BCUT2D eigenvalue weighted by Crippen LogP contribution is 2.32. The third-order valence-corrected chi connectivity index (χ3v) is 3.94. The van der Waals surface area contributed by atoms with Gasteiger partial charge in [0.25, 0.3) is 5.91 Å². The van der Waals surface area contributed by atoms with Crippen molar-refractivity contribution in [2.24, 2.45) is 5.73 Å². The van der Waals surface area contributed by atoms with Gasteiger partial charge in [-0.1, -0.05) is 17.9 Å². The van der Waals surface area contributed by atoms with Crippen LogP contribution < -0.4 is 11.1 Å². The van der Waals surface area contributed by atoms with Crippen molar-refractivity contribution in [3.05, 3.63) is 83.2 Å². The van der Waals surface area contributed by atoms with Crippen LogP contribution in [0.2, 0.25) is 0 Å². The molecule has 1 aromatic heterocycles. The van der Waals surface area contributed by atoms with Crippen LogP contribution in [0.4, 0.5) is 23.2 Å². The van der Waals surface area contributed by atoms with Gasteiger partial charge in [0.15, 0.2) is 0 Å². The Labute approximate surface area is 163 Å². The number of rotatable bonds is 3. The molecule has 0 aliphatic carbocycles. The summed E-state index contributed by atoms with van der Waals surface area (Å²) in [4.78, 5) is 16.4. The molecule has 3 N–H and O–H groups in total.